The van der Waals surface area contributed by atoms with E-state index in [2.05, 4.69) is 29.0 Å². The molecule has 2 aromatic heterocycles. The first-order chi connectivity index (χ1) is 17.3. The molecule has 0 bridgehead atoms. The number of hydrogen-bond acceptors (Lipinski definition) is 9. The van der Waals surface area contributed by atoms with E-state index in [1.54, 1.807) is 37.2 Å². The Kier molecular flexibility index (Phi) is 10.5. The van der Waals surface area contributed by atoms with E-state index < -0.39 is 11.9 Å². The molecule has 0 radical (unpaired) electrons. The van der Waals surface area contributed by atoms with Crippen LogP contribution in [-0.2, 0) is 11.2 Å². The van der Waals surface area contributed by atoms with Crippen molar-refractivity contribution in [1.82, 2.24) is 20.2 Å². The molecule has 12 heteroatoms. The Balaban J connectivity index is 0.00000112. The fraction of sp³-hybridized carbons (Fsp3) is 0.520. The van der Waals surface area contributed by atoms with Crippen LogP contribution < -0.4 is 21.2 Å². The van der Waals surface area contributed by atoms with Crippen LogP contribution in [0.15, 0.2) is 30.1 Å². The summed E-state index contributed by atoms with van der Waals surface area (Å²) < 4.78 is 33.7. The van der Waals surface area contributed by atoms with Gasteiger partial charge in [0.05, 0.1) is 41.2 Å². The number of aliphatic carboxylic acids is 1. The summed E-state index contributed by atoms with van der Waals surface area (Å²) >= 11 is 0. The molecular formula is C25H37F2N7O3. The number of nitrogens with zero attached hydrogens (tertiary/aromatic N) is 5. The summed E-state index contributed by atoms with van der Waals surface area (Å²) in [5, 5.41) is 16.8. The summed E-state index contributed by atoms with van der Waals surface area (Å²) in [6.45, 7) is 7.45. The number of pyridine rings is 1. The number of anilines is 1. The lowest BCUT2D eigenvalue weighted by molar-refractivity contribution is -0.134. The van der Waals surface area contributed by atoms with Crippen molar-refractivity contribution in [2.45, 2.75) is 52.9 Å². The zero-order chi connectivity index (χ0) is 27.8. The molecule has 3 rings (SSSR count). The minimum absolute atomic E-state index is 0.0729. The number of carboxylic acid groups (broad SMARTS) is 1. The van der Waals surface area contributed by atoms with Crippen LogP contribution in [-0.4, -0.2) is 63.9 Å². The van der Waals surface area contributed by atoms with Crippen molar-refractivity contribution in [1.29, 1.82) is 0 Å². The number of rotatable bonds is 8. The average Bonchev–Trinajstić information content (AvgIpc) is 2.78. The predicted octanol–water partition coefficient (Wildman–Crippen LogP) is 3.22. The molecule has 0 aliphatic carbocycles. The molecule has 0 unspecified atom stereocenters. The van der Waals surface area contributed by atoms with Gasteiger partial charge in [0.1, 0.15) is 6.61 Å². The summed E-state index contributed by atoms with van der Waals surface area (Å²) in [6, 6.07) is 5.39. The van der Waals surface area contributed by atoms with Gasteiger partial charge in [-0.3, -0.25) is 4.79 Å². The van der Waals surface area contributed by atoms with Crippen molar-refractivity contribution in [3.8, 4) is 5.88 Å². The van der Waals surface area contributed by atoms with Gasteiger partial charge in [0, 0.05) is 32.5 Å². The number of hydrogen-bond donors (Lipinski definition) is 3. The number of aromatic nitrogens is 3. The van der Waals surface area contributed by atoms with Gasteiger partial charge in [0.15, 0.2) is 0 Å². The molecule has 1 saturated heterocycles. The van der Waals surface area contributed by atoms with E-state index in [0.717, 1.165) is 18.9 Å². The van der Waals surface area contributed by atoms with Gasteiger partial charge < -0.3 is 25.5 Å². The van der Waals surface area contributed by atoms with Crippen molar-refractivity contribution in [3.63, 3.8) is 0 Å². The van der Waals surface area contributed by atoms with Gasteiger partial charge in [-0.1, -0.05) is 13.8 Å². The Morgan fingerprint density at radius 3 is 2.57 bits per heavy atom. The third kappa shape index (κ3) is 9.12. The van der Waals surface area contributed by atoms with Crippen LogP contribution in [0.4, 0.5) is 14.5 Å². The normalized spacial score (nSPS) is 15.4. The number of ether oxygens (including phenoxy) is 1. The third-order valence-electron chi connectivity index (χ3n) is 5.54. The second-order valence-electron chi connectivity index (χ2n) is 9.42. The fourth-order valence-corrected chi connectivity index (χ4v) is 3.92. The molecular weight excluding hydrogens is 484 g/mol. The molecule has 1 aliphatic rings. The fourth-order valence-electron chi connectivity index (χ4n) is 3.92. The molecule has 10 nitrogen and oxygen atoms in total. The zero-order valence-corrected chi connectivity index (χ0v) is 22.0. The second-order valence-corrected chi connectivity index (χ2v) is 9.42. The molecule has 37 heavy (non-hydrogen) atoms. The highest BCUT2D eigenvalue weighted by Gasteiger charge is 2.35. The Morgan fingerprint density at radius 1 is 1.32 bits per heavy atom. The summed E-state index contributed by atoms with van der Waals surface area (Å²) in [6.07, 6.45) is 2.80. The smallest absolute Gasteiger partial charge is 0.300 e. The summed E-state index contributed by atoms with van der Waals surface area (Å²) in [7, 11) is 1.66. The first-order valence-electron chi connectivity index (χ1n) is 12.0. The molecule has 0 spiro atoms. The maximum Gasteiger partial charge on any atom is 0.300 e. The number of nitrogens with two attached hydrogens (primary N) is 2. The molecule has 0 aromatic carbocycles. The van der Waals surface area contributed by atoms with Crippen molar-refractivity contribution >= 4 is 17.4 Å². The van der Waals surface area contributed by atoms with Gasteiger partial charge in [0.25, 0.3) is 11.9 Å². The largest absolute Gasteiger partial charge is 0.481 e. The van der Waals surface area contributed by atoms with Crippen LogP contribution in [0.2, 0.25) is 0 Å². The molecule has 0 amide bonds. The minimum atomic E-state index is -2.69. The van der Waals surface area contributed by atoms with Crippen molar-refractivity contribution in [2.75, 3.05) is 31.6 Å². The molecule has 1 fully saturated rings. The molecule has 0 atom stereocenters. The first-order valence-corrected chi connectivity index (χ1v) is 12.0. The number of carbonyl (C=O) groups is 1. The van der Waals surface area contributed by atoms with Gasteiger partial charge >= 0.3 is 0 Å². The Hall–Kier alpha value is -3.54. The van der Waals surface area contributed by atoms with Crippen LogP contribution in [0.5, 0.6) is 5.88 Å². The quantitative estimate of drug-likeness (QED) is 0.350. The summed E-state index contributed by atoms with van der Waals surface area (Å²) in [5.74, 6) is 3.37. The Labute approximate surface area is 216 Å². The van der Waals surface area contributed by atoms with Crippen LogP contribution in [0.1, 0.15) is 50.6 Å². The highest BCUT2D eigenvalue weighted by Crippen LogP contribution is 2.31. The van der Waals surface area contributed by atoms with Crippen LogP contribution >= 0.6 is 0 Å². The van der Waals surface area contributed by atoms with Crippen molar-refractivity contribution < 1.29 is 23.4 Å². The van der Waals surface area contributed by atoms with Crippen LogP contribution in [0.3, 0.4) is 0 Å². The number of carboxylic acids is 1. The predicted molar refractivity (Wildman–Crippen MR) is 138 cm³/mol. The van der Waals surface area contributed by atoms with E-state index >= 15 is 0 Å². The van der Waals surface area contributed by atoms with Crippen LogP contribution in [0.25, 0.3) is 5.70 Å². The monoisotopic (exact) mass is 521 g/mol. The Bertz CT molecular complexity index is 1090. The number of aryl methyl sites for hydroxylation is 1. The van der Waals surface area contributed by atoms with E-state index in [0.29, 0.717) is 53.2 Å². The number of alkyl halides is 2. The van der Waals surface area contributed by atoms with Gasteiger partial charge in [-0.05, 0) is 43.9 Å². The van der Waals surface area contributed by atoms with E-state index in [1.165, 1.54) is 5.01 Å². The van der Waals surface area contributed by atoms with Gasteiger partial charge in [-0.15, -0.1) is 5.10 Å². The van der Waals surface area contributed by atoms with E-state index in [4.69, 9.17) is 26.2 Å². The molecule has 0 saturated carbocycles. The Morgan fingerprint density at radius 2 is 2.00 bits per heavy atom. The average molecular weight is 522 g/mol. The molecule has 204 valence electrons. The van der Waals surface area contributed by atoms with E-state index in [1.807, 2.05) is 6.07 Å². The highest BCUT2D eigenvalue weighted by atomic mass is 19.3. The van der Waals surface area contributed by atoms with Crippen molar-refractivity contribution in [2.24, 2.45) is 17.5 Å². The molecule has 3 heterocycles. The van der Waals surface area contributed by atoms with E-state index in [-0.39, 0.29) is 19.6 Å². The number of piperidine rings is 1. The number of likely N-dealkylation sites (N-methyl/N-ethyl adjacent to an activating group) is 1. The minimum Gasteiger partial charge on any atom is -0.481 e. The van der Waals surface area contributed by atoms with Gasteiger partial charge in [-0.2, -0.15) is 5.10 Å². The third-order valence-corrected chi connectivity index (χ3v) is 5.54. The standard InChI is InChI=1S/C23H33F2N7O.C2H4O2/c1-15(2)12-17-8-10-28-30-22(17)33-13-20(31(4)27)21(26)18-6-7-19(16(3)29-18)32-11-5-9-23(24,25)14-32;1-2(3)4/h6-8,10,15H,5,9,11-14,26-27H2,1-4H3;1H3,(H,3,4)/b21-20-;. The number of hydrazine groups is 1. The second kappa shape index (κ2) is 13.1. The SMILES string of the molecule is CC(=O)O.Cc1nc(/C(N)=C(\COc2nnccc2CC(C)C)N(C)N)ccc1N1CCCC(F)(F)C1. The number of halogens is 2. The van der Waals surface area contributed by atoms with Crippen LogP contribution in [0, 0.1) is 12.8 Å². The topological polar surface area (TPSA) is 144 Å². The summed E-state index contributed by atoms with van der Waals surface area (Å²) in [5.41, 5.74) is 10.0. The molecule has 5 N–H and O–H groups in total. The maximum absolute atomic E-state index is 13.9. The highest BCUT2D eigenvalue weighted by molar-refractivity contribution is 5.65. The molecule has 2 aromatic rings. The zero-order valence-electron chi connectivity index (χ0n) is 22.0. The van der Waals surface area contributed by atoms with Gasteiger partial charge in [0.2, 0.25) is 5.88 Å². The lowest BCUT2D eigenvalue weighted by Crippen LogP contribution is -2.43. The lowest BCUT2D eigenvalue weighted by atomic mass is 10.1. The first kappa shape index (κ1) is 29.7. The van der Waals surface area contributed by atoms with E-state index in [9.17, 15) is 8.78 Å². The molecule has 1 aliphatic heterocycles. The van der Waals surface area contributed by atoms with Crippen molar-refractivity contribution in [3.05, 3.63) is 47.0 Å². The summed E-state index contributed by atoms with van der Waals surface area (Å²) in [4.78, 5) is 15.3. The van der Waals surface area contributed by atoms with Gasteiger partial charge in [-0.25, -0.2) is 19.6 Å². The maximum atomic E-state index is 13.9. The lowest BCUT2D eigenvalue weighted by Gasteiger charge is -2.34.